The van der Waals surface area contributed by atoms with Crippen molar-refractivity contribution in [1.29, 1.82) is 0 Å². The molecule has 1 aliphatic heterocycles. The quantitative estimate of drug-likeness (QED) is 0.680. The number of amides is 2. The van der Waals surface area contributed by atoms with Crippen molar-refractivity contribution in [2.45, 2.75) is 26.3 Å². The van der Waals surface area contributed by atoms with E-state index in [9.17, 15) is 14.4 Å². The summed E-state index contributed by atoms with van der Waals surface area (Å²) >= 11 is 0. The maximum absolute atomic E-state index is 11.8. The summed E-state index contributed by atoms with van der Waals surface area (Å²) in [6.07, 6.45) is 0.0117. The first-order valence-electron chi connectivity index (χ1n) is 8.04. The lowest BCUT2D eigenvalue weighted by molar-refractivity contribution is -0.147. The zero-order valence-electron chi connectivity index (χ0n) is 14.3. The summed E-state index contributed by atoms with van der Waals surface area (Å²) in [7, 11) is 0. The molecule has 8 nitrogen and oxygen atoms in total. The number of nitrogens with one attached hydrogen (secondary N) is 2. The van der Waals surface area contributed by atoms with Gasteiger partial charge in [0.05, 0.1) is 13.0 Å². The van der Waals surface area contributed by atoms with Gasteiger partial charge in [-0.05, 0) is 31.5 Å². The Morgan fingerprint density at radius 2 is 1.84 bits per heavy atom. The van der Waals surface area contributed by atoms with E-state index in [-0.39, 0.29) is 24.9 Å². The third-order valence-corrected chi connectivity index (χ3v) is 3.22. The smallest absolute Gasteiger partial charge is 0.310 e. The van der Waals surface area contributed by atoms with E-state index in [1.807, 2.05) is 13.8 Å². The number of rotatable bonds is 7. The Morgan fingerprint density at radius 3 is 2.56 bits per heavy atom. The van der Waals surface area contributed by atoms with Gasteiger partial charge in [-0.3, -0.25) is 14.4 Å². The van der Waals surface area contributed by atoms with Crippen LogP contribution in [0.1, 0.15) is 19.4 Å². The van der Waals surface area contributed by atoms with E-state index in [0.29, 0.717) is 30.3 Å². The van der Waals surface area contributed by atoms with Crippen LogP contribution in [-0.4, -0.2) is 50.2 Å². The van der Waals surface area contributed by atoms with Gasteiger partial charge in [-0.1, -0.05) is 6.07 Å². The number of esters is 1. The van der Waals surface area contributed by atoms with Gasteiger partial charge >= 0.3 is 5.97 Å². The predicted octanol–water partition coefficient (Wildman–Crippen LogP) is 0.184. The van der Waals surface area contributed by atoms with Crippen LogP contribution in [0.15, 0.2) is 18.2 Å². The van der Waals surface area contributed by atoms with Crippen LogP contribution < -0.4 is 20.1 Å². The minimum atomic E-state index is -0.543. The first kappa shape index (κ1) is 18.6. The molecule has 0 aliphatic carbocycles. The molecule has 0 bridgehead atoms. The van der Waals surface area contributed by atoms with Crippen LogP contribution in [-0.2, 0) is 25.5 Å². The molecule has 0 radical (unpaired) electrons. The number of carbonyl (C=O) groups excluding carboxylic acids is 3. The van der Waals surface area contributed by atoms with Crippen LogP contribution in [0.3, 0.4) is 0 Å². The summed E-state index contributed by atoms with van der Waals surface area (Å²) in [5.41, 5.74) is 0.700. The van der Waals surface area contributed by atoms with Crippen molar-refractivity contribution in [2.75, 3.05) is 26.4 Å². The number of carbonyl (C=O) groups is 3. The van der Waals surface area contributed by atoms with Crippen molar-refractivity contribution in [3.8, 4) is 11.5 Å². The van der Waals surface area contributed by atoms with Crippen molar-refractivity contribution >= 4 is 17.8 Å². The normalized spacial score (nSPS) is 12.4. The topological polar surface area (TPSA) is 103 Å². The Hall–Kier alpha value is -2.77. The molecule has 0 unspecified atom stereocenters. The maximum atomic E-state index is 11.8. The summed E-state index contributed by atoms with van der Waals surface area (Å²) in [6.45, 7) is 4.01. The molecule has 0 saturated carbocycles. The molecule has 8 heteroatoms. The number of fused-ring (bicyclic) bond motifs is 1. The molecule has 0 atom stereocenters. The predicted molar refractivity (Wildman–Crippen MR) is 88.4 cm³/mol. The van der Waals surface area contributed by atoms with E-state index < -0.39 is 18.5 Å². The van der Waals surface area contributed by atoms with E-state index in [0.717, 1.165) is 0 Å². The average Bonchev–Trinajstić information content (AvgIpc) is 2.57. The molecule has 0 spiro atoms. The van der Waals surface area contributed by atoms with Gasteiger partial charge in [-0.15, -0.1) is 0 Å². The molecule has 0 saturated heterocycles. The van der Waals surface area contributed by atoms with Crippen LogP contribution in [0.2, 0.25) is 0 Å². The standard InChI is InChI=1S/C17H22N2O6/c1-11(2)19-15(20)9-18-16(21)10-25-17(22)8-12-3-4-13-14(7-12)24-6-5-23-13/h3-4,7,11H,5-6,8-10H2,1-2H3,(H,18,21)(H,19,20). The van der Waals surface area contributed by atoms with Gasteiger partial charge in [-0.2, -0.15) is 0 Å². The van der Waals surface area contributed by atoms with Crippen molar-refractivity contribution in [2.24, 2.45) is 0 Å². The van der Waals surface area contributed by atoms with Crippen molar-refractivity contribution in [3.63, 3.8) is 0 Å². The summed E-state index contributed by atoms with van der Waals surface area (Å²) in [4.78, 5) is 34.8. The molecular weight excluding hydrogens is 328 g/mol. The molecule has 2 rings (SSSR count). The van der Waals surface area contributed by atoms with Crippen LogP contribution in [0.25, 0.3) is 0 Å². The fourth-order valence-electron chi connectivity index (χ4n) is 2.16. The van der Waals surface area contributed by atoms with Crippen LogP contribution in [0.4, 0.5) is 0 Å². The van der Waals surface area contributed by atoms with Crippen molar-refractivity contribution in [3.05, 3.63) is 23.8 Å². The average molecular weight is 350 g/mol. The molecule has 2 N–H and O–H groups in total. The summed E-state index contributed by atoms with van der Waals surface area (Å²) in [6, 6.07) is 5.18. The summed E-state index contributed by atoms with van der Waals surface area (Å²) < 4.78 is 15.8. The van der Waals surface area contributed by atoms with Crippen LogP contribution in [0.5, 0.6) is 11.5 Å². The highest BCUT2D eigenvalue weighted by atomic mass is 16.6. The zero-order chi connectivity index (χ0) is 18.2. The van der Waals surface area contributed by atoms with E-state index >= 15 is 0 Å². The Balaban J connectivity index is 1.71. The van der Waals surface area contributed by atoms with Gasteiger partial charge in [0.1, 0.15) is 13.2 Å². The fourth-order valence-corrected chi connectivity index (χ4v) is 2.16. The van der Waals surface area contributed by atoms with E-state index in [4.69, 9.17) is 14.2 Å². The highest BCUT2D eigenvalue weighted by molar-refractivity contribution is 5.86. The number of hydrogen-bond donors (Lipinski definition) is 2. The molecule has 0 fully saturated rings. The Kier molecular flexibility index (Phi) is 6.62. The van der Waals surface area contributed by atoms with Crippen molar-refractivity contribution < 1.29 is 28.6 Å². The minimum Gasteiger partial charge on any atom is -0.486 e. The third-order valence-electron chi connectivity index (χ3n) is 3.22. The summed E-state index contributed by atoms with van der Waals surface area (Å²) in [5.74, 6) is -0.147. The molecule has 136 valence electrons. The van der Waals surface area contributed by atoms with Gasteiger partial charge in [0.15, 0.2) is 18.1 Å². The van der Waals surface area contributed by atoms with Crippen LogP contribution >= 0.6 is 0 Å². The fraction of sp³-hybridized carbons (Fsp3) is 0.471. The Morgan fingerprint density at radius 1 is 1.12 bits per heavy atom. The molecule has 1 aromatic rings. The van der Waals surface area contributed by atoms with Gasteiger partial charge in [0, 0.05) is 6.04 Å². The zero-order valence-corrected chi connectivity index (χ0v) is 14.3. The molecule has 1 heterocycles. The van der Waals surface area contributed by atoms with E-state index in [1.54, 1.807) is 18.2 Å². The van der Waals surface area contributed by atoms with Gasteiger partial charge in [0.25, 0.3) is 5.91 Å². The highest BCUT2D eigenvalue weighted by Gasteiger charge is 2.14. The largest absolute Gasteiger partial charge is 0.486 e. The first-order chi connectivity index (χ1) is 11.9. The molecular formula is C17H22N2O6. The Bertz CT molecular complexity index is 644. The van der Waals surface area contributed by atoms with Crippen LogP contribution in [0, 0.1) is 0 Å². The molecule has 1 aromatic carbocycles. The highest BCUT2D eigenvalue weighted by Crippen LogP contribution is 2.30. The van der Waals surface area contributed by atoms with E-state index in [1.165, 1.54) is 0 Å². The SMILES string of the molecule is CC(C)NC(=O)CNC(=O)COC(=O)Cc1ccc2c(c1)OCCO2. The van der Waals surface area contributed by atoms with E-state index in [2.05, 4.69) is 10.6 Å². The van der Waals surface area contributed by atoms with Gasteiger partial charge in [0.2, 0.25) is 5.91 Å². The molecule has 25 heavy (non-hydrogen) atoms. The number of hydrogen-bond acceptors (Lipinski definition) is 6. The molecule has 0 aromatic heterocycles. The minimum absolute atomic E-state index is 0.00627. The summed E-state index contributed by atoms with van der Waals surface area (Å²) in [5, 5.41) is 5.02. The molecule has 2 amide bonds. The molecule has 1 aliphatic rings. The lowest BCUT2D eigenvalue weighted by Crippen LogP contribution is -2.41. The first-order valence-corrected chi connectivity index (χ1v) is 8.04. The number of ether oxygens (including phenoxy) is 3. The third kappa shape index (κ3) is 6.33. The van der Waals surface area contributed by atoms with Crippen molar-refractivity contribution in [1.82, 2.24) is 10.6 Å². The number of benzene rings is 1. The maximum Gasteiger partial charge on any atom is 0.310 e. The van der Waals surface area contributed by atoms with Gasteiger partial charge in [-0.25, -0.2) is 0 Å². The second-order valence-electron chi connectivity index (χ2n) is 5.81. The van der Waals surface area contributed by atoms with Gasteiger partial charge < -0.3 is 24.8 Å². The lowest BCUT2D eigenvalue weighted by Gasteiger charge is -2.18. The lowest BCUT2D eigenvalue weighted by atomic mass is 10.1. The Labute approximate surface area is 145 Å². The second kappa shape index (κ2) is 8.91. The second-order valence-corrected chi connectivity index (χ2v) is 5.81. The monoisotopic (exact) mass is 350 g/mol.